The molecule has 0 bridgehead atoms. The summed E-state index contributed by atoms with van der Waals surface area (Å²) >= 11 is 0. The van der Waals surface area contributed by atoms with Crippen LogP contribution in [0.5, 0.6) is 0 Å². The molecule has 1 rings (SSSR count). The van der Waals surface area contributed by atoms with Crippen LogP contribution in [-0.2, 0) is 16.1 Å². The highest BCUT2D eigenvalue weighted by Crippen LogP contribution is 2.09. The van der Waals surface area contributed by atoms with Gasteiger partial charge in [0.05, 0.1) is 5.92 Å². The van der Waals surface area contributed by atoms with Gasteiger partial charge in [-0.1, -0.05) is 13.3 Å². The molecule has 2 atom stereocenters. The second kappa shape index (κ2) is 7.50. The Bertz CT molecular complexity index is 405. The molecule has 0 aromatic carbocycles. The van der Waals surface area contributed by atoms with Crippen LogP contribution in [-0.4, -0.2) is 37.8 Å². The fourth-order valence-corrected chi connectivity index (χ4v) is 1.71. The van der Waals surface area contributed by atoms with Gasteiger partial charge in [0.2, 0.25) is 5.91 Å². The van der Waals surface area contributed by atoms with Gasteiger partial charge in [-0.3, -0.25) is 9.59 Å². The van der Waals surface area contributed by atoms with Gasteiger partial charge in [-0.15, -0.1) is 0 Å². The topological polar surface area (TPSA) is 97.1 Å². The Hall–Kier alpha value is -1.92. The molecule has 0 spiro atoms. The van der Waals surface area contributed by atoms with Crippen LogP contribution >= 0.6 is 0 Å². The minimum atomic E-state index is -0.775. The second-order valence-corrected chi connectivity index (χ2v) is 4.73. The van der Waals surface area contributed by atoms with E-state index in [4.69, 9.17) is 5.11 Å². The third kappa shape index (κ3) is 5.98. The number of hydrogen-bond donors (Lipinski definition) is 2. The first-order valence-corrected chi connectivity index (χ1v) is 6.33. The van der Waals surface area contributed by atoms with E-state index in [1.54, 1.807) is 6.92 Å². The lowest BCUT2D eigenvalue weighted by Crippen LogP contribution is -2.35. The Labute approximate surface area is 112 Å². The zero-order valence-electron chi connectivity index (χ0n) is 11.2. The normalized spacial score (nSPS) is 13.8. The summed E-state index contributed by atoms with van der Waals surface area (Å²) in [4.78, 5) is 26.0. The molecule has 0 radical (unpaired) electrons. The van der Waals surface area contributed by atoms with E-state index in [0.29, 0.717) is 6.42 Å². The highest BCUT2D eigenvalue weighted by atomic mass is 16.4. The van der Waals surface area contributed by atoms with Crippen LogP contribution in [0.4, 0.5) is 0 Å². The Morgan fingerprint density at radius 2 is 2.11 bits per heavy atom. The van der Waals surface area contributed by atoms with Crippen molar-refractivity contribution in [2.45, 2.75) is 45.7 Å². The molecule has 0 aliphatic heterocycles. The number of carbonyl (C=O) groups is 2. The molecule has 0 aliphatic rings. The van der Waals surface area contributed by atoms with Crippen LogP contribution in [0.15, 0.2) is 12.7 Å². The van der Waals surface area contributed by atoms with Gasteiger partial charge in [-0.2, -0.15) is 5.10 Å². The summed E-state index contributed by atoms with van der Waals surface area (Å²) < 4.78 is 1.45. The summed E-state index contributed by atoms with van der Waals surface area (Å²) in [5.74, 6) is -1.23. The fraction of sp³-hybridized carbons (Fsp3) is 0.667. The number of carboxylic acid groups (broad SMARTS) is 1. The minimum Gasteiger partial charge on any atom is -0.481 e. The Kier molecular flexibility index (Phi) is 5.98. The van der Waals surface area contributed by atoms with E-state index in [1.807, 2.05) is 6.92 Å². The number of aromatic nitrogens is 3. The molecular formula is C12H20N4O3. The van der Waals surface area contributed by atoms with Crippen molar-refractivity contribution in [1.29, 1.82) is 0 Å². The molecule has 19 heavy (non-hydrogen) atoms. The molecule has 0 fully saturated rings. The van der Waals surface area contributed by atoms with Crippen molar-refractivity contribution in [1.82, 2.24) is 20.1 Å². The van der Waals surface area contributed by atoms with Gasteiger partial charge in [0, 0.05) is 6.04 Å². The highest BCUT2D eigenvalue weighted by Gasteiger charge is 2.12. The summed E-state index contributed by atoms with van der Waals surface area (Å²) in [7, 11) is 0. The predicted octanol–water partition coefficient (Wildman–Crippen LogP) is 0.674. The van der Waals surface area contributed by atoms with Crippen LogP contribution in [0.3, 0.4) is 0 Å². The molecule has 1 aromatic rings. The third-order valence-electron chi connectivity index (χ3n) is 2.88. The van der Waals surface area contributed by atoms with E-state index in [9.17, 15) is 9.59 Å². The molecule has 2 unspecified atom stereocenters. The molecule has 1 aromatic heterocycles. The molecule has 1 amide bonds. The summed E-state index contributed by atoms with van der Waals surface area (Å²) in [6.07, 6.45) is 5.03. The lowest BCUT2D eigenvalue weighted by Gasteiger charge is -2.14. The van der Waals surface area contributed by atoms with Crippen molar-refractivity contribution in [3.05, 3.63) is 12.7 Å². The molecule has 2 N–H and O–H groups in total. The molecule has 1 heterocycles. The molecule has 7 nitrogen and oxygen atoms in total. The molecule has 0 saturated carbocycles. The Morgan fingerprint density at radius 1 is 1.37 bits per heavy atom. The van der Waals surface area contributed by atoms with E-state index in [0.717, 1.165) is 12.8 Å². The quantitative estimate of drug-likeness (QED) is 0.722. The van der Waals surface area contributed by atoms with E-state index in [1.165, 1.54) is 17.3 Å². The standard InChI is InChI=1S/C12H20N4O3/c1-9(12(18)19)4-3-5-10(2)15-11(17)6-16-8-13-7-14-16/h7-10H,3-6H2,1-2H3,(H,15,17)(H,18,19). The smallest absolute Gasteiger partial charge is 0.306 e. The maximum atomic E-state index is 11.6. The number of nitrogens with zero attached hydrogens (tertiary/aromatic N) is 3. The molecule has 0 aliphatic carbocycles. The van der Waals surface area contributed by atoms with Crippen LogP contribution in [0.25, 0.3) is 0 Å². The van der Waals surface area contributed by atoms with Crippen molar-refractivity contribution >= 4 is 11.9 Å². The number of hydrogen-bond acceptors (Lipinski definition) is 4. The van der Waals surface area contributed by atoms with Crippen molar-refractivity contribution in [3.63, 3.8) is 0 Å². The highest BCUT2D eigenvalue weighted by molar-refractivity contribution is 5.75. The van der Waals surface area contributed by atoms with Crippen LogP contribution in [0.1, 0.15) is 33.1 Å². The zero-order valence-corrected chi connectivity index (χ0v) is 11.2. The van der Waals surface area contributed by atoms with Crippen molar-refractivity contribution in [3.8, 4) is 0 Å². The van der Waals surface area contributed by atoms with E-state index in [-0.39, 0.29) is 24.4 Å². The van der Waals surface area contributed by atoms with E-state index >= 15 is 0 Å². The Morgan fingerprint density at radius 3 is 2.68 bits per heavy atom. The minimum absolute atomic E-state index is 0.0250. The van der Waals surface area contributed by atoms with Gasteiger partial charge in [0.15, 0.2) is 0 Å². The molecule has 7 heteroatoms. The zero-order chi connectivity index (χ0) is 14.3. The fourth-order valence-electron chi connectivity index (χ4n) is 1.71. The average molecular weight is 268 g/mol. The molecule has 106 valence electrons. The van der Waals surface area contributed by atoms with E-state index < -0.39 is 5.97 Å². The van der Waals surface area contributed by atoms with Crippen LogP contribution in [0.2, 0.25) is 0 Å². The SMILES string of the molecule is CC(CCCC(C)C(=O)O)NC(=O)Cn1cncn1. The maximum absolute atomic E-state index is 11.6. The van der Waals surface area contributed by atoms with Gasteiger partial charge in [0.1, 0.15) is 19.2 Å². The van der Waals surface area contributed by atoms with Gasteiger partial charge >= 0.3 is 5.97 Å². The summed E-state index contributed by atoms with van der Waals surface area (Å²) in [6.45, 7) is 3.75. The van der Waals surface area contributed by atoms with Crippen molar-refractivity contribution in [2.24, 2.45) is 5.92 Å². The maximum Gasteiger partial charge on any atom is 0.306 e. The van der Waals surface area contributed by atoms with Crippen molar-refractivity contribution in [2.75, 3.05) is 0 Å². The first kappa shape index (κ1) is 15.1. The Balaban J connectivity index is 2.18. The van der Waals surface area contributed by atoms with Gasteiger partial charge in [0.25, 0.3) is 0 Å². The monoisotopic (exact) mass is 268 g/mol. The third-order valence-corrected chi connectivity index (χ3v) is 2.88. The van der Waals surface area contributed by atoms with E-state index in [2.05, 4.69) is 15.4 Å². The first-order valence-electron chi connectivity index (χ1n) is 6.33. The van der Waals surface area contributed by atoms with Gasteiger partial charge in [-0.25, -0.2) is 9.67 Å². The largest absolute Gasteiger partial charge is 0.481 e. The van der Waals surface area contributed by atoms with Gasteiger partial charge < -0.3 is 10.4 Å². The number of carboxylic acids is 1. The van der Waals surface area contributed by atoms with Crippen LogP contribution < -0.4 is 5.32 Å². The number of nitrogens with one attached hydrogen (secondary N) is 1. The van der Waals surface area contributed by atoms with Crippen LogP contribution in [0, 0.1) is 5.92 Å². The summed E-state index contributed by atoms with van der Waals surface area (Å²) in [6, 6.07) is 0.0250. The average Bonchev–Trinajstić information content (AvgIpc) is 2.81. The number of aliphatic carboxylic acids is 1. The molecular weight excluding hydrogens is 248 g/mol. The summed E-state index contributed by atoms with van der Waals surface area (Å²) in [5, 5.41) is 15.4. The summed E-state index contributed by atoms with van der Waals surface area (Å²) in [5.41, 5.74) is 0. The lowest BCUT2D eigenvalue weighted by molar-refractivity contribution is -0.141. The number of rotatable bonds is 8. The lowest BCUT2D eigenvalue weighted by atomic mass is 10.0. The second-order valence-electron chi connectivity index (χ2n) is 4.73. The predicted molar refractivity (Wildman–Crippen MR) is 68.3 cm³/mol. The molecule has 0 saturated heterocycles. The number of amides is 1. The van der Waals surface area contributed by atoms with Crippen molar-refractivity contribution < 1.29 is 14.7 Å². The first-order chi connectivity index (χ1) is 8.99. The number of carbonyl (C=O) groups excluding carboxylic acids is 1. The van der Waals surface area contributed by atoms with Gasteiger partial charge in [-0.05, 0) is 19.8 Å².